The minimum Gasteiger partial charge on any atom is -0.294 e. The SMILES string of the molecule is C[C@H]1CC[C@@]2(C)C(CCC3C4CC[C@H](C(=O)c5cccc(Cl)c5)C4(C)CCC32)C1. The maximum Gasteiger partial charge on any atom is 0.166 e. The Hall–Kier alpha value is -0.820. The average molecular weight is 413 g/mol. The number of benzene rings is 1. The summed E-state index contributed by atoms with van der Waals surface area (Å²) in [5.74, 6) is 4.89. The molecule has 4 fully saturated rings. The van der Waals surface area contributed by atoms with Gasteiger partial charge in [0.25, 0.3) is 0 Å². The second kappa shape index (κ2) is 7.11. The van der Waals surface area contributed by atoms with Crippen molar-refractivity contribution in [3.8, 4) is 0 Å². The summed E-state index contributed by atoms with van der Waals surface area (Å²) in [5.41, 5.74) is 1.57. The molecule has 1 aromatic rings. The fourth-order valence-electron chi connectivity index (χ4n) is 8.75. The molecule has 29 heavy (non-hydrogen) atoms. The van der Waals surface area contributed by atoms with Crippen LogP contribution in [0.3, 0.4) is 0 Å². The van der Waals surface area contributed by atoms with Gasteiger partial charge in [-0.2, -0.15) is 0 Å². The molecule has 8 atom stereocenters. The van der Waals surface area contributed by atoms with E-state index in [1.165, 1.54) is 51.4 Å². The molecule has 0 amide bonds. The minimum absolute atomic E-state index is 0.184. The summed E-state index contributed by atoms with van der Waals surface area (Å²) in [7, 11) is 0. The molecule has 5 unspecified atom stereocenters. The van der Waals surface area contributed by atoms with Gasteiger partial charge in [0.15, 0.2) is 5.78 Å². The van der Waals surface area contributed by atoms with E-state index in [1.807, 2.05) is 24.3 Å². The molecule has 0 N–H and O–H groups in total. The highest BCUT2D eigenvalue weighted by atomic mass is 35.5. The maximum absolute atomic E-state index is 13.5. The van der Waals surface area contributed by atoms with Crippen LogP contribution < -0.4 is 0 Å². The summed E-state index contributed by atoms with van der Waals surface area (Å²) in [6, 6.07) is 7.63. The Bertz CT molecular complexity index is 801. The Kier molecular flexibility index (Phi) is 4.93. The first kappa shape index (κ1) is 20.1. The van der Waals surface area contributed by atoms with Crippen molar-refractivity contribution in [1.29, 1.82) is 0 Å². The van der Waals surface area contributed by atoms with Crippen molar-refractivity contribution in [2.75, 3.05) is 0 Å². The molecule has 4 aliphatic rings. The Morgan fingerprint density at radius 1 is 0.966 bits per heavy atom. The number of hydrogen-bond donors (Lipinski definition) is 0. The zero-order chi connectivity index (χ0) is 20.4. The molecule has 4 aliphatic carbocycles. The van der Waals surface area contributed by atoms with Crippen LogP contribution >= 0.6 is 11.6 Å². The van der Waals surface area contributed by atoms with Crippen molar-refractivity contribution in [2.24, 2.45) is 46.3 Å². The summed E-state index contributed by atoms with van der Waals surface area (Å²) in [6.45, 7) is 7.57. The van der Waals surface area contributed by atoms with Crippen molar-refractivity contribution in [2.45, 2.75) is 78.6 Å². The number of carbonyl (C=O) groups is 1. The lowest BCUT2D eigenvalue weighted by molar-refractivity contribution is -0.114. The zero-order valence-electron chi connectivity index (χ0n) is 18.4. The van der Waals surface area contributed by atoms with Gasteiger partial charge >= 0.3 is 0 Å². The molecule has 0 saturated heterocycles. The van der Waals surface area contributed by atoms with E-state index in [0.717, 1.165) is 41.6 Å². The van der Waals surface area contributed by atoms with Crippen LogP contribution in [0, 0.1) is 46.3 Å². The minimum atomic E-state index is 0.184. The van der Waals surface area contributed by atoms with Gasteiger partial charge in [-0.1, -0.05) is 50.9 Å². The van der Waals surface area contributed by atoms with E-state index in [2.05, 4.69) is 20.8 Å². The molecule has 158 valence electrons. The Labute approximate surface area is 182 Å². The van der Waals surface area contributed by atoms with E-state index in [9.17, 15) is 4.79 Å². The summed E-state index contributed by atoms with van der Waals surface area (Å²) in [4.78, 5) is 13.5. The van der Waals surface area contributed by atoms with Crippen LogP contribution in [-0.4, -0.2) is 5.78 Å². The zero-order valence-corrected chi connectivity index (χ0v) is 19.2. The van der Waals surface area contributed by atoms with Crippen LogP contribution in [-0.2, 0) is 0 Å². The standard InChI is InChI=1S/C27H37ClO/c1-17-11-13-26(2)19(15-17)7-8-21-22-9-10-24(27(22,3)14-12-23(21)26)25(29)18-5-4-6-20(28)16-18/h4-6,16-17,19,21-24H,7-15H2,1-3H3/t17-,19?,21?,22?,23?,24+,26-,27?/m0/s1. The monoisotopic (exact) mass is 412 g/mol. The number of ketones is 1. The molecule has 1 aromatic carbocycles. The van der Waals surface area contributed by atoms with Crippen molar-refractivity contribution >= 4 is 17.4 Å². The van der Waals surface area contributed by atoms with Gasteiger partial charge in [-0.15, -0.1) is 0 Å². The number of fused-ring (bicyclic) bond motifs is 5. The van der Waals surface area contributed by atoms with Crippen LogP contribution in [0.15, 0.2) is 24.3 Å². The van der Waals surface area contributed by atoms with Gasteiger partial charge in [0.05, 0.1) is 0 Å². The molecule has 0 spiro atoms. The van der Waals surface area contributed by atoms with Gasteiger partial charge < -0.3 is 0 Å². The normalized spacial score (nSPS) is 46.5. The van der Waals surface area contributed by atoms with Gasteiger partial charge in [0.2, 0.25) is 0 Å². The highest BCUT2D eigenvalue weighted by Gasteiger charge is 2.61. The van der Waals surface area contributed by atoms with Crippen LogP contribution in [0.5, 0.6) is 0 Å². The fourth-order valence-corrected chi connectivity index (χ4v) is 8.94. The molecular formula is C27H37ClO. The first-order valence-electron chi connectivity index (χ1n) is 12.1. The molecule has 0 aromatic heterocycles. The van der Waals surface area contributed by atoms with Gasteiger partial charge in [0.1, 0.15) is 0 Å². The molecule has 0 aliphatic heterocycles. The Balaban J connectivity index is 1.40. The summed E-state index contributed by atoms with van der Waals surface area (Å²) < 4.78 is 0. The van der Waals surface area contributed by atoms with Crippen molar-refractivity contribution in [1.82, 2.24) is 0 Å². The van der Waals surface area contributed by atoms with E-state index >= 15 is 0 Å². The summed E-state index contributed by atoms with van der Waals surface area (Å²) in [5, 5.41) is 0.678. The van der Waals surface area contributed by atoms with Gasteiger partial charge in [-0.05, 0) is 104 Å². The molecule has 1 nitrogen and oxygen atoms in total. The molecule has 4 saturated carbocycles. The number of rotatable bonds is 2. The fraction of sp³-hybridized carbons (Fsp3) is 0.741. The summed E-state index contributed by atoms with van der Waals surface area (Å²) >= 11 is 6.20. The van der Waals surface area contributed by atoms with Crippen LogP contribution in [0.1, 0.15) is 88.9 Å². The largest absolute Gasteiger partial charge is 0.294 e. The predicted molar refractivity (Wildman–Crippen MR) is 120 cm³/mol. The molecular weight excluding hydrogens is 376 g/mol. The third-order valence-corrected chi connectivity index (χ3v) is 10.6. The van der Waals surface area contributed by atoms with Crippen molar-refractivity contribution < 1.29 is 4.79 Å². The lowest BCUT2D eigenvalue weighted by atomic mass is 9.44. The number of hydrogen-bond acceptors (Lipinski definition) is 1. The van der Waals surface area contributed by atoms with Gasteiger partial charge in [-0.3, -0.25) is 4.79 Å². The quantitative estimate of drug-likeness (QED) is 0.452. The maximum atomic E-state index is 13.5. The first-order chi connectivity index (χ1) is 13.8. The summed E-state index contributed by atoms with van der Waals surface area (Å²) in [6.07, 6.45) is 12.1. The van der Waals surface area contributed by atoms with Crippen LogP contribution in [0.4, 0.5) is 0 Å². The van der Waals surface area contributed by atoms with E-state index in [4.69, 9.17) is 11.6 Å². The van der Waals surface area contributed by atoms with Gasteiger partial charge in [-0.25, -0.2) is 0 Å². The smallest absolute Gasteiger partial charge is 0.166 e. The lowest BCUT2D eigenvalue weighted by Crippen LogP contribution is -2.53. The lowest BCUT2D eigenvalue weighted by Gasteiger charge is -2.61. The Morgan fingerprint density at radius 3 is 2.52 bits per heavy atom. The predicted octanol–water partition coefficient (Wildman–Crippen LogP) is 7.82. The third-order valence-electron chi connectivity index (χ3n) is 10.4. The number of carbonyl (C=O) groups excluding carboxylic acids is 1. The first-order valence-corrected chi connectivity index (χ1v) is 12.5. The van der Waals surface area contributed by atoms with E-state index in [1.54, 1.807) is 0 Å². The molecule has 0 heterocycles. The second-order valence-corrected chi connectivity index (χ2v) is 12.0. The van der Waals surface area contributed by atoms with Crippen LogP contribution in [0.2, 0.25) is 5.02 Å². The molecule has 2 heteroatoms. The van der Waals surface area contributed by atoms with E-state index < -0.39 is 0 Å². The number of halogens is 1. The van der Waals surface area contributed by atoms with Crippen molar-refractivity contribution in [3.05, 3.63) is 34.9 Å². The molecule has 0 bridgehead atoms. The van der Waals surface area contributed by atoms with Crippen LogP contribution in [0.25, 0.3) is 0 Å². The molecule has 5 rings (SSSR count). The molecule has 0 radical (unpaired) electrons. The Morgan fingerprint density at radius 2 is 1.72 bits per heavy atom. The number of Topliss-reactive ketones (excluding diaryl/α,β-unsaturated/α-hetero) is 1. The second-order valence-electron chi connectivity index (χ2n) is 11.6. The highest BCUT2D eigenvalue weighted by Crippen LogP contribution is 2.68. The third kappa shape index (κ3) is 3.05. The van der Waals surface area contributed by atoms with Gasteiger partial charge in [0, 0.05) is 16.5 Å². The van der Waals surface area contributed by atoms with E-state index in [0.29, 0.717) is 16.2 Å². The van der Waals surface area contributed by atoms with Crippen molar-refractivity contribution in [3.63, 3.8) is 0 Å². The highest BCUT2D eigenvalue weighted by molar-refractivity contribution is 6.31. The average Bonchev–Trinajstić information content (AvgIpc) is 3.05. The topological polar surface area (TPSA) is 17.1 Å². The van der Waals surface area contributed by atoms with E-state index in [-0.39, 0.29) is 11.3 Å².